The molecule has 0 spiro atoms. The summed E-state index contributed by atoms with van der Waals surface area (Å²) in [5.74, 6) is -0.522. The van der Waals surface area contributed by atoms with Gasteiger partial charge in [0.15, 0.2) is 0 Å². The standard InChI is InChI=1S/C22H20N2O3/c1-24-19-9-5-3-7-15(19)22(21(24)26,17-13-27-11-10-20(17)25)16-12-23-18-8-4-2-6-14(16)18/h2-9,12,17,23H,10-11,13H2,1H3/t17-,22+/m1/s1. The highest BCUT2D eigenvalue weighted by molar-refractivity contribution is 6.14. The zero-order valence-corrected chi connectivity index (χ0v) is 15.1. The smallest absolute Gasteiger partial charge is 0.242 e. The molecule has 2 aliphatic heterocycles. The number of ketones is 1. The van der Waals surface area contributed by atoms with Gasteiger partial charge < -0.3 is 14.6 Å². The predicted molar refractivity (Wildman–Crippen MR) is 103 cm³/mol. The minimum atomic E-state index is -1.07. The number of fused-ring (bicyclic) bond motifs is 2. The lowest BCUT2D eigenvalue weighted by Gasteiger charge is -2.37. The molecule has 0 saturated carbocycles. The molecule has 1 N–H and O–H groups in total. The molecule has 3 aromatic rings. The Morgan fingerprint density at radius 2 is 1.85 bits per heavy atom. The van der Waals surface area contributed by atoms with Crippen molar-refractivity contribution in [3.05, 3.63) is 65.9 Å². The first-order chi connectivity index (χ1) is 13.2. The number of likely N-dealkylation sites (N-methyl/N-ethyl adjacent to an activating group) is 1. The Morgan fingerprint density at radius 3 is 2.70 bits per heavy atom. The van der Waals surface area contributed by atoms with Crippen LogP contribution < -0.4 is 4.90 Å². The molecule has 0 aliphatic carbocycles. The van der Waals surface area contributed by atoms with Crippen molar-refractivity contribution in [3.63, 3.8) is 0 Å². The largest absolute Gasteiger partial charge is 0.380 e. The van der Waals surface area contributed by atoms with Crippen molar-refractivity contribution in [1.29, 1.82) is 0 Å². The van der Waals surface area contributed by atoms with Gasteiger partial charge in [0, 0.05) is 36.3 Å². The minimum absolute atomic E-state index is 0.0719. The number of aromatic amines is 1. The number of anilines is 1. The third-order valence-corrected chi connectivity index (χ3v) is 6.03. The van der Waals surface area contributed by atoms with Crippen LogP contribution in [0.5, 0.6) is 0 Å². The summed E-state index contributed by atoms with van der Waals surface area (Å²) >= 11 is 0. The van der Waals surface area contributed by atoms with Gasteiger partial charge in [-0.05, 0) is 23.3 Å². The molecule has 3 heterocycles. The van der Waals surface area contributed by atoms with E-state index in [0.29, 0.717) is 13.0 Å². The van der Waals surface area contributed by atoms with Crippen molar-refractivity contribution in [2.75, 3.05) is 25.2 Å². The molecular weight excluding hydrogens is 340 g/mol. The number of rotatable bonds is 2. The Labute approximate surface area is 156 Å². The molecule has 0 unspecified atom stereocenters. The van der Waals surface area contributed by atoms with E-state index >= 15 is 0 Å². The Hall–Kier alpha value is -2.92. The summed E-state index contributed by atoms with van der Waals surface area (Å²) in [6.07, 6.45) is 2.23. The van der Waals surface area contributed by atoms with E-state index in [4.69, 9.17) is 4.74 Å². The minimum Gasteiger partial charge on any atom is -0.380 e. The highest BCUT2D eigenvalue weighted by atomic mass is 16.5. The lowest BCUT2D eigenvalue weighted by Crippen LogP contribution is -2.51. The van der Waals surface area contributed by atoms with Crippen molar-refractivity contribution < 1.29 is 14.3 Å². The van der Waals surface area contributed by atoms with Gasteiger partial charge in [0.25, 0.3) is 0 Å². The summed E-state index contributed by atoms with van der Waals surface area (Å²) in [6, 6.07) is 15.7. The number of Topliss-reactive ketones (excluding diaryl/α,β-unsaturated/α-hetero) is 1. The molecule has 5 nitrogen and oxygen atoms in total. The van der Waals surface area contributed by atoms with Crippen molar-refractivity contribution in [3.8, 4) is 0 Å². The molecule has 27 heavy (non-hydrogen) atoms. The Bertz CT molecular complexity index is 1070. The summed E-state index contributed by atoms with van der Waals surface area (Å²) in [5, 5.41) is 0.967. The number of hydrogen-bond donors (Lipinski definition) is 1. The molecule has 5 heteroatoms. The zero-order chi connectivity index (χ0) is 18.6. The quantitative estimate of drug-likeness (QED) is 0.764. The maximum Gasteiger partial charge on any atom is 0.242 e. The fraction of sp³-hybridized carbons (Fsp3) is 0.273. The average molecular weight is 360 g/mol. The summed E-state index contributed by atoms with van der Waals surface area (Å²) in [5.41, 5.74) is 2.47. The Morgan fingerprint density at radius 1 is 1.07 bits per heavy atom. The van der Waals surface area contributed by atoms with E-state index in [-0.39, 0.29) is 18.3 Å². The molecule has 0 radical (unpaired) electrons. The first-order valence-corrected chi connectivity index (χ1v) is 9.20. The maximum atomic E-state index is 13.8. The first-order valence-electron chi connectivity index (χ1n) is 9.20. The van der Waals surface area contributed by atoms with E-state index < -0.39 is 11.3 Å². The van der Waals surface area contributed by atoms with Crippen LogP contribution in [0, 0.1) is 5.92 Å². The van der Waals surface area contributed by atoms with Gasteiger partial charge in [-0.15, -0.1) is 0 Å². The van der Waals surface area contributed by atoms with Crippen LogP contribution in [0.4, 0.5) is 5.69 Å². The number of carbonyl (C=O) groups is 2. The van der Waals surface area contributed by atoms with Gasteiger partial charge in [-0.2, -0.15) is 0 Å². The molecule has 2 aromatic carbocycles. The molecule has 0 bridgehead atoms. The molecular formula is C22H20N2O3. The normalized spacial score (nSPS) is 25.2. The summed E-state index contributed by atoms with van der Waals surface area (Å²) in [6.45, 7) is 0.678. The summed E-state index contributed by atoms with van der Waals surface area (Å²) in [7, 11) is 1.78. The van der Waals surface area contributed by atoms with Crippen LogP contribution in [0.25, 0.3) is 10.9 Å². The molecule has 1 aromatic heterocycles. The monoisotopic (exact) mass is 360 g/mol. The Kier molecular flexibility index (Phi) is 3.49. The van der Waals surface area contributed by atoms with Gasteiger partial charge in [-0.25, -0.2) is 0 Å². The molecule has 136 valence electrons. The predicted octanol–water partition coefficient (Wildman–Crippen LogP) is 3.04. The van der Waals surface area contributed by atoms with Crippen LogP contribution in [0.2, 0.25) is 0 Å². The number of aromatic nitrogens is 1. The number of nitrogens with one attached hydrogen (secondary N) is 1. The van der Waals surface area contributed by atoms with E-state index in [9.17, 15) is 9.59 Å². The number of ether oxygens (including phenoxy) is 1. The molecule has 5 rings (SSSR count). The van der Waals surface area contributed by atoms with Gasteiger partial charge in [0.1, 0.15) is 11.2 Å². The van der Waals surface area contributed by atoms with E-state index in [1.165, 1.54) is 0 Å². The lowest BCUT2D eigenvalue weighted by atomic mass is 9.64. The first kappa shape index (κ1) is 16.3. The van der Waals surface area contributed by atoms with Crippen molar-refractivity contribution in [1.82, 2.24) is 4.98 Å². The van der Waals surface area contributed by atoms with Crippen molar-refractivity contribution in [2.45, 2.75) is 11.8 Å². The fourth-order valence-corrected chi connectivity index (χ4v) is 4.78. The number of H-pyrrole nitrogens is 1. The number of hydrogen-bond acceptors (Lipinski definition) is 3. The van der Waals surface area contributed by atoms with E-state index in [2.05, 4.69) is 4.98 Å². The third kappa shape index (κ3) is 2.03. The van der Waals surface area contributed by atoms with Crippen LogP contribution in [-0.2, 0) is 19.7 Å². The van der Waals surface area contributed by atoms with Crippen molar-refractivity contribution >= 4 is 28.3 Å². The number of carbonyl (C=O) groups excluding carboxylic acids is 2. The highest BCUT2D eigenvalue weighted by Crippen LogP contribution is 2.52. The van der Waals surface area contributed by atoms with Crippen LogP contribution in [0.1, 0.15) is 17.5 Å². The van der Waals surface area contributed by atoms with E-state index in [1.54, 1.807) is 11.9 Å². The summed E-state index contributed by atoms with van der Waals surface area (Å²) in [4.78, 5) is 31.8. The lowest BCUT2D eigenvalue weighted by molar-refractivity contribution is -0.139. The number of para-hydroxylation sites is 2. The van der Waals surface area contributed by atoms with E-state index in [0.717, 1.165) is 27.7 Å². The second-order valence-corrected chi connectivity index (χ2v) is 7.28. The van der Waals surface area contributed by atoms with Crippen LogP contribution in [-0.4, -0.2) is 36.9 Å². The van der Waals surface area contributed by atoms with Gasteiger partial charge in [-0.3, -0.25) is 9.59 Å². The molecule has 1 amide bonds. The van der Waals surface area contributed by atoms with Gasteiger partial charge in [-0.1, -0.05) is 36.4 Å². The van der Waals surface area contributed by atoms with Gasteiger partial charge in [0.2, 0.25) is 5.91 Å². The second kappa shape index (κ2) is 5.79. The van der Waals surface area contributed by atoms with Gasteiger partial charge in [0.05, 0.1) is 19.1 Å². The van der Waals surface area contributed by atoms with Crippen LogP contribution in [0.3, 0.4) is 0 Å². The number of nitrogens with zero attached hydrogens (tertiary/aromatic N) is 1. The molecule has 1 saturated heterocycles. The topological polar surface area (TPSA) is 62.4 Å². The fourth-order valence-electron chi connectivity index (χ4n) is 4.78. The SMILES string of the molecule is CN1C(=O)[C@@](c2c[nH]c3ccccc23)([C@@H]2COCCC2=O)c2ccccc21. The van der Waals surface area contributed by atoms with Gasteiger partial charge >= 0.3 is 0 Å². The number of benzene rings is 2. The second-order valence-electron chi connectivity index (χ2n) is 7.28. The van der Waals surface area contributed by atoms with Crippen LogP contribution in [0.15, 0.2) is 54.7 Å². The average Bonchev–Trinajstić information content (AvgIpc) is 3.22. The maximum absolute atomic E-state index is 13.8. The number of amides is 1. The van der Waals surface area contributed by atoms with Crippen molar-refractivity contribution in [2.24, 2.45) is 5.92 Å². The molecule has 2 atom stereocenters. The van der Waals surface area contributed by atoms with E-state index in [1.807, 2.05) is 54.7 Å². The van der Waals surface area contributed by atoms with Crippen LogP contribution >= 0.6 is 0 Å². The Balaban J connectivity index is 1.87. The molecule has 1 fully saturated rings. The summed E-state index contributed by atoms with van der Waals surface area (Å²) < 4.78 is 5.70. The highest BCUT2D eigenvalue weighted by Gasteiger charge is 2.59. The molecule has 2 aliphatic rings. The zero-order valence-electron chi connectivity index (χ0n) is 15.1. The third-order valence-electron chi connectivity index (χ3n) is 6.03.